The first-order chi connectivity index (χ1) is 12.9. The van der Waals surface area contributed by atoms with Crippen LogP contribution in [0.2, 0.25) is 2.82 Å². The molecule has 1 aromatic heterocycles. The van der Waals surface area contributed by atoms with Crippen LogP contribution in [0.25, 0.3) is 0 Å². The largest absolute Gasteiger partial charge is 0.356 e. The molecule has 7 nitrogen and oxygen atoms in total. The Morgan fingerprint density at radius 1 is 1.40 bits per heavy atom. The van der Waals surface area contributed by atoms with Crippen molar-refractivity contribution in [2.75, 3.05) is 18.0 Å². The average Bonchev–Trinajstić information content (AvgIpc) is 2.68. The molecule has 0 bridgehead atoms. The Bertz CT molecular complexity index is 992. The monoisotopic (exact) mass is 341 g/mol. The first kappa shape index (κ1) is 14.5. The second-order valence-corrected chi connectivity index (χ2v) is 6.28. The van der Waals surface area contributed by atoms with Crippen molar-refractivity contribution in [1.29, 1.82) is 5.26 Å². The highest BCUT2D eigenvalue weighted by Crippen LogP contribution is 2.19. The summed E-state index contributed by atoms with van der Waals surface area (Å²) in [6.45, 7) is 1.19. The molecule has 1 aromatic carbocycles. The van der Waals surface area contributed by atoms with Crippen LogP contribution in [0.5, 0.6) is 0 Å². The van der Waals surface area contributed by atoms with E-state index in [1.807, 2.05) is 4.90 Å². The minimum Gasteiger partial charge on any atom is -0.356 e. The number of nitrogens with zero attached hydrogens (tertiary/aromatic N) is 4. The van der Waals surface area contributed by atoms with Gasteiger partial charge in [0.05, 0.1) is 18.2 Å². The lowest BCUT2D eigenvalue weighted by Crippen LogP contribution is -2.47. The third-order valence-corrected chi connectivity index (χ3v) is 4.56. The molecule has 1 aliphatic rings. The predicted octanol–water partition coefficient (Wildman–Crippen LogP) is 0.394. The fraction of sp³-hybridized carbons (Fsp3) is 0.389. The van der Waals surface area contributed by atoms with Gasteiger partial charge in [-0.05, 0) is 24.5 Å². The molecule has 1 aliphatic heterocycles. The summed E-state index contributed by atoms with van der Waals surface area (Å²) >= 11 is 0. The number of hydrogen-bond donors (Lipinski definition) is 1. The number of nitrogens with two attached hydrogens (primary N) is 1. The van der Waals surface area contributed by atoms with Gasteiger partial charge in [0, 0.05) is 32.2 Å². The molecule has 130 valence electrons. The molecule has 25 heavy (non-hydrogen) atoms. The fourth-order valence-corrected chi connectivity index (χ4v) is 3.17. The van der Waals surface area contributed by atoms with Crippen LogP contribution >= 0.6 is 0 Å². The maximum atomic E-state index is 12.8. The zero-order valence-corrected chi connectivity index (χ0v) is 14.1. The predicted molar refractivity (Wildman–Crippen MR) is 95.6 cm³/mol. The molecule has 2 N–H and O–H groups in total. The molecule has 3 rings (SSSR count). The van der Waals surface area contributed by atoms with E-state index in [2.05, 4.69) is 6.07 Å². The second kappa shape index (κ2) is 6.95. The van der Waals surface area contributed by atoms with E-state index in [1.165, 1.54) is 17.7 Å². The number of aromatic nitrogens is 2. The van der Waals surface area contributed by atoms with Crippen molar-refractivity contribution in [2.24, 2.45) is 12.8 Å². The van der Waals surface area contributed by atoms with E-state index in [0.717, 1.165) is 17.4 Å². The summed E-state index contributed by atoms with van der Waals surface area (Å²) < 4.78 is 17.6. The van der Waals surface area contributed by atoms with Gasteiger partial charge in [0.25, 0.3) is 5.56 Å². The highest BCUT2D eigenvalue weighted by Gasteiger charge is 2.22. The Kier molecular flexibility index (Phi) is 4.03. The first-order valence-electron chi connectivity index (χ1n) is 9.12. The number of benzene rings is 1. The van der Waals surface area contributed by atoms with Crippen molar-refractivity contribution in [3.05, 3.63) is 62.3 Å². The Hall–Kier alpha value is -2.85. The van der Waals surface area contributed by atoms with E-state index in [4.69, 9.17) is 2.82 Å². The van der Waals surface area contributed by atoms with Crippen LogP contribution in [0, 0.1) is 11.3 Å². The van der Waals surface area contributed by atoms with Gasteiger partial charge in [0.1, 0.15) is 8.64 Å². The highest BCUT2D eigenvalue weighted by atomic mass is 16.2. The van der Waals surface area contributed by atoms with Gasteiger partial charge in [-0.25, -0.2) is 4.79 Å². The third-order valence-electron chi connectivity index (χ3n) is 4.56. The molecule has 1 fully saturated rings. The van der Waals surface area contributed by atoms with Gasteiger partial charge in [-0.2, -0.15) is 5.26 Å². The summed E-state index contributed by atoms with van der Waals surface area (Å²) in [5.74, 6) is 0.461. The molecule has 1 atom stereocenters. The Morgan fingerprint density at radius 3 is 2.96 bits per heavy atom. The molecule has 0 saturated carbocycles. The van der Waals surface area contributed by atoms with Gasteiger partial charge in [0.15, 0.2) is 0 Å². The lowest BCUT2D eigenvalue weighted by molar-refractivity contribution is 0.491. The van der Waals surface area contributed by atoms with E-state index in [1.54, 1.807) is 24.3 Å². The molecule has 0 unspecified atom stereocenters. The number of hydrogen-bond acceptors (Lipinski definition) is 5. The first-order valence-corrected chi connectivity index (χ1v) is 8.23. The van der Waals surface area contributed by atoms with Crippen molar-refractivity contribution in [1.82, 2.24) is 9.13 Å². The number of piperidine rings is 1. The van der Waals surface area contributed by atoms with E-state index < -0.39 is 11.2 Å². The Labute approximate surface area is 148 Å². The van der Waals surface area contributed by atoms with Crippen molar-refractivity contribution in [2.45, 2.75) is 25.4 Å². The lowest BCUT2D eigenvalue weighted by Gasteiger charge is -2.34. The van der Waals surface area contributed by atoms with E-state index >= 15 is 0 Å². The normalized spacial score (nSPS) is 18.6. The molecule has 1 saturated heterocycles. The molecule has 0 amide bonds. The molecule has 0 aliphatic carbocycles. The summed E-state index contributed by atoms with van der Waals surface area (Å²) in [5.41, 5.74) is 0.986. The summed E-state index contributed by atoms with van der Waals surface area (Å²) in [4.78, 5) is 26.9. The third kappa shape index (κ3) is 3.35. The van der Waals surface area contributed by atoms with Crippen LogP contribution < -0.4 is 21.9 Å². The van der Waals surface area contributed by atoms with E-state index in [-0.39, 0.29) is 12.6 Å². The smallest absolute Gasteiger partial charge is 0.332 e. The van der Waals surface area contributed by atoms with Crippen LogP contribution in [-0.4, -0.2) is 28.3 Å². The maximum Gasteiger partial charge on any atom is 0.332 e. The minimum atomic E-state index is -0.457. The molecule has 0 radical (unpaired) electrons. The van der Waals surface area contributed by atoms with Gasteiger partial charge >= 0.3 is 5.69 Å². The van der Waals surface area contributed by atoms with E-state index in [0.29, 0.717) is 35.8 Å². The molecule has 0 spiro atoms. The number of rotatable bonds is 4. The van der Waals surface area contributed by atoms with Gasteiger partial charge in [-0.15, -0.1) is 0 Å². The van der Waals surface area contributed by atoms with Crippen LogP contribution in [0.3, 0.4) is 0 Å². The lowest BCUT2D eigenvalue weighted by atomic mass is 10.1. The van der Waals surface area contributed by atoms with Crippen molar-refractivity contribution < 1.29 is 2.82 Å². The van der Waals surface area contributed by atoms with Crippen LogP contribution in [-0.2, 0) is 13.6 Å². The molecule has 2 aromatic rings. The van der Waals surface area contributed by atoms with Crippen LogP contribution in [0.15, 0.2) is 39.9 Å². The van der Waals surface area contributed by atoms with Gasteiger partial charge in [-0.3, -0.25) is 13.9 Å². The van der Waals surface area contributed by atoms with Gasteiger partial charge < -0.3 is 10.6 Å². The number of anilines is 1. The van der Waals surface area contributed by atoms with Gasteiger partial charge in [-0.1, -0.05) is 18.2 Å². The molecule has 2 heterocycles. The molecular formula is C18H21N5O2. The van der Waals surface area contributed by atoms with Crippen molar-refractivity contribution >= 4 is 5.82 Å². The topological polar surface area (TPSA) is 97.0 Å². The van der Waals surface area contributed by atoms with Crippen molar-refractivity contribution in [3.8, 4) is 6.07 Å². The molecular weight excluding hydrogens is 318 g/mol. The van der Waals surface area contributed by atoms with Gasteiger partial charge in [0.2, 0.25) is 0 Å². The molecule has 7 heteroatoms. The standard InChI is InChI=1S/C18H21N5O2/c1-21-17(24)9-16(22-8-4-7-15(20)12-22)23(18(21)25)11-14-6-3-2-5-13(14)10-19/h2-3,5-6,9,15H,4,7-8,11-12,20H2,1H3/t15-/m1/s1/i/hD2. The summed E-state index contributed by atoms with van der Waals surface area (Å²) in [6.07, 6.45) is 1.48. The maximum absolute atomic E-state index is 12.8. The Morgan fingerprint density at radius 2 is 2.20 bits per heavy atom. The summed E-state index contributed by atoms with van der Waals surface area (Å²) in [6, 6.07) is 10.3. The van der Waals surface area contributed by atoms with Crippen molar-refractivity contribution in [3.63, 3.8) is 0 Å². The SMILES string of the molecule is [2H]N([2H])[C@@H]1CCCN(c2cc(=O)n(C)c(=O)n2Cc2ccccc2C#N)C1. The minimum absolute atomic E-state index is 0.165. The summed E-state index contributed by atoms with van der Waals surface area (Å²) in [7, 11) is 1.43. The fourth-order valence-electron chi connectivity index (χ4n) is 3.17. The second-order valence-electron chi connectivity index (χ2n) is 6.28. The zero-order chi connectivity index (χ0) is 19.6. The summed E-state index contributed by atoms with van der Waals surface area (Å²) in [5, 5.41) is 9.33. The zero-order valence-electron chi connectivity index (χ0n) is 16.1. The quantitative estimate of drug-likeness (QED) is 0.868. The van der Waals surface area contributed by atoms with E-state index in [9.17, 15) is 14.9 Å². The van der Waals surface area contributed by atoms with Crippen LogP contribution in [0.4, 0.5) is 5.82 Å². The van der Waals surface area contributed by atoms with Crippen LogP contribution in [0.1, 0.15) is 24.0 Å². The highest BCUT2D eigenvalue weighted by molar-refractivity contribution is 5.42. The Balaban J connectivity index is 2.08. The number of nitriles is 1. The average molecular weight is 341 g/mol.